The summed E-state index contributed by atoms with van der Waals surface area (Å²) in [7, 11) is 0. The van der Waals surface area contributed by atoms with Crippen molar-refractivity contribution in [2.75, 3.05) is 0 Å². The number of thioether (sulfide) groups is 1. The molecule has 0 atom stereocenters. The van der Waals surface area contributed by atoms with Crippen molar-refractivity contribution >= 4 is 57.8 Å². The molecule has 3 aromatic carbocycles. The topological polar surface area (TPSA) is 50.7 Å². The predicted octanol–water partition coefficient (Wildman–Crippen LogP) is 6.74. The minimum atomic E-state index is -0.364. The summed E-state index contributed by atoms with van der Waals surface area (Å²) in [4.78, 5) is 17.0. The highest BCUT2D eigenvalue weighted by atomic mass is 35.5. The molecule has 1 heterocycles. The molecule has 1 amide bonds. The smallest absolute Gasteiger partial charge is 0.264 e. The zero-order chi connectivity index (χ0) is 22.7. The van der Waals surface area contributed by atoms with Crippen LogP contribution < -0.4 is 10.1 Å². The van der Waals surface area contributed by atoms with E-state index < -0.39 is 0 Å². The highest BCUT2D eigenvalue weighted by Gasteiger charge is 2.24. The number of nitrogens with zero attached hydrogens (tertiary/aromatic N) is 1. The zero-order valence-corrected chi connectivity index (χ0v) is 18.6. The van der Waals surface area contributed by atoms with Crippen LogP contribution in [0.4, 0.5) is 14.5 Å². The molecule has 1 aliphatic heterocycles. The van der Waals surface area contributed by atoms with Crippen LogP contribution in [0.25, 0.3) is 6.08 Å². The van der Waals surface area contributed by atoms with E-state index in [-0.39, 0.29) is 34.2 Å². The van der Waals surface area contributed by atoms with Crippen molar-refractivity contribution in [1.82, 2.24) is 5.32 Å². The number of carbonyl (C=O) groups is 1. The number of ether oxygens (including phenoxy) is 1. The Morgan fingerprint density at radius 2 is 1.56 bits per heavy atom. The number of hydrogen-bond donors (Lipinski definition) is 1. The van der Waals surface area contributed by atoms with E-state index in [2.05, 4.69) is 10.3 Å². The molecule has 0 aromatic heterocycles. The van der Waals surface area contributed by atoms with Gasteiger partial charge in [-0.05, 0) is 77.5 Å². The van der Waals surface area contributed by atoms with E-state index in [1.54, 1.807) is 30.3 Å². The first-order chi connectivity index (χ1) is 15.4. The first-order valence-electron chi connectivity index (χ1n) is 9.29. The van der Waals surface area contributed by atoms with Crippen LogP contribution in [0.1, 0.15) is 11.1 Å². The van der Waals surface area contributed by atoms with Gasteiger partial charge in [0.15, 0.2) is 10.9 Å². The van der Waals surface area contributed by atoms with Gasteiger partial charge in [0.05, 0.1) is 20.6 Å². The predicted molar refractivity (Wildman–Crippen MR) is 124 cm³/mol. The number of hydrogen-bond acceptors (Lipinski definition) is 4. The van der Waals surface area contributed by atoms with Crippen LogP contribution in [0.15, 0.2) is 70.6 Å². The van der Waals surface area contributed by atoms with Crippen LogP contribution in [0.3, 0.4) is 0 Å². The molecule has 1 N–H and O–H groups in total. The van der Waals surface area contributed by atoms with Crippen molar-refractivity contribution in [3.63, 3.8) is 0 Å². The standard InChI is InChI=1S/C23H14Cl2F2N2O2S/c24-18-9-14(10-19(25)21(18)31-12-13-1-3-15(26)4-2-13)11-20-22(30)29-23(32-20)28-17-7-5-16(27)6-8-17/h1-11H,12H2,(H,28,29,30)/b20-11+. The van der Waals surface area contributed by atoms with Gasteiger partial charge in [-0.15, -0.1) is 0 Å². The second-order valence-electron chi connectivity index (χ2n) is 6.69. The van der Waals surface area contributed by atoms with Crippen LogP contribution >= 0.6 is 35.0 Å². The lowest BCUT2D eigenvalue weighted by atomic mass is 10.2. The number of nitrogens with one attached hydrogen (secondary N) is 1. The quantitative estimate of drug-likeness (QED) is 0.402. The fourth-order valence-corrected chi connectivity index (χ4v) is 4.26. The molecule has 0 radical (unpaired) electrons. The average Bonchev–Trinajstić information content (AvgIpc) is 3.09. The zero-order valence-electron chi connectivity index (χ0n) is 16.2. The van der Waals surface area contributed by atoms with Gasteiger partial charge in [0.1, 0.15) is 18.2 Å². The fraction of sp³-hybridized carbons (Fsp3) is 0.0435. The summed E-state index contributed by atoms with van der Waals surface area (Å²) in [5, 5.41) is 3.59. The normalized spacial score (nSPS) is 15.9. The molecular weight excluding hydrogens is 477 g/mol. The number of rotatable bonds is 5. The summed E-state index contributed by atoms with van der Waals surface area (Å²) in [5.74, 6) is -0.722. The van der Waals surface area contributed by atoms with E-state index in [9.17, 15) is 13.6 Å². The highest BCUT2D eigenvalue weighted by Crippen LogP contribution is 2.36. The Morgan fingerprint density at radius 1 is 0.969 bits per heavy atom. The maximum atomic E-state index is 13.0. The number of halogens is 4. The van der Waals surface area contributed by atoms with Gasteiger partial charge in [-0.1, -0.05) is 35.3 Å². The molecule has 32 heavy (non-hydrogen) atoms. The van der Waals surface area contributed by atoms with Crippen LogP contribution in [-0.4, -0.2) is 11.1 Å². The van der Waals surface area contributed by atoms with E-state index in [1.165, 1.54) is 36.4 Å². The van der Waals surface area contributed by atoms with E-state index in [0.717, 1.165) is 17.3 Å². The molecule has 3 aromatic rings. The first kappa shape index (κ1) is 22.3. The van der Waals surface area contributed by atoms with Crippen molar-refractivity contribution in [2.45, 2.75) is 6.61 Å². The molecule has 0 spiro atoms. The number of benzene rings is 3. The van der Waals surface area contributed by atoms with Crippen molar-refractivity contribution in [2.24, 2.45) is 4.99 Å². The third kappa shape index (κ3) is 5.48. The Labute approximate surface area is 196 Å². The first-order valence-corrected chi connectivity index (χ1v) is 10.9. The van der Waals surface area contributed by atoms with Crippen LogP contribution in [-0.2, 0) is 11.4 Å². The molecule has 0 saturated carbocycles. The minimum Gasteiger partial charge on any atom is -0.486 e. The Kier molecular flexibility index (Phi) is 6.79. The van der Waals surface area contributed by atoms with Crippen LogP contribution in [0, 0.1) is 11.6 Å². The maximum absolute atomic E-state index is 13.0. The average molecular weight is 491 g/mol. The molecule has 0 unspecified atom stereocenters. The molecule has 1 aliphatic rings. The molecule has 1 fully saturated rings. The van der Waals surface area contributed by atoms with Crippen molar-refractivity contribution in [3.8, 4) is 5.75 Å². The lowest BCUT2D eigenvalue weighted by Gasteiger charge is -2.11. The van der Waals surface area contributed by atoms with Gasteiger partial charge in [-0.25, -0.2) is 13.8 Å². The van der Waals surface area contributed by atoms with Crippen molar-refractivity contribution in [1.29, 1.82) is 0 Å². The summed E-state index contributed by atoms with van der Waals surface area (Å²) in [6.07, 6.45) is 1.63. The second-order valence-corrected chi connectivity index (χ2v) is 8.53. The van der Waals surface area contributed by atoms with Gasteiger partial charge < -0.3 is 10.1 Å². The third-order valence-corrected chi connectivity index (χ3v) is 5.79. The second kappa shape index (κ2) is 9.73. The van der Waals surface area contributed by atoms with Gasteiger partial charge in [0, 0.05) is 0 Å². The molecule has 0 aliphatic carbocycles. The molecule has 1 saturated heterocycles. The summed E-state index contributed by atoms with van der Waals surface area (Å²) in [6.45, 7) is 0.168. The van der Waals surface area contributed by atoms with Gasteiger partial charge >= 0.3 is 0 Å². The maximum Gasteiger partial charge on any atom is 0.264 e. The largest absolute Gasteiger partial charge is 0.486 e. The van der Waals surface area contributed by atoms with E-state index in [1.807, 2.05) is 0 Å². The third-order valence-electron chi connectivity index (χ3n) is 4.32. The van der Waals surface area contributed by atoms with Gasteiger partial charge in [0.2, 0.25) is 0 Å². The number of amides is 1. The van der Waals surface area contributed by atoms with Crippen molar-refractivity contribution < 1.29 is 18.3 Å². The summed E-state index contributed by atoms with van der Waals surface area (Å²) in [5.41, 5.74) is 1.88. The number of amidine groups is 1. The lowest BCUT2D eigenvalue weighted by molar-refractivity contribution is -0.115. The van der Waals surface area contributed by atoms with Crippen LogP contribution in [0.2, 0.25) is 10.0 Å². The van der Waals surface area contributed by atoms with Gasteiger partial charge in [-0.2, -0.15) is 0 Å². The van der Waals surface area contributed by atoms with E-state index in [0.29, 0.717) is 27.1 Å². The number of carbonyl (C=O) groups excluding carboxylic acids is 1. The lowest BCUT2D eigenvalue weighted by Crippen LogP contribution is -2.19. The molecule has 9 heteroatoms. The minimum absolute atomic E-state index is 0.168. The molecule has 162 valence electrons. The summed E-state index contributed by atoms with van der Waals surface area (Å²) in [6, 6.07) is 14.8. The van der Waals surface area contributed by atoms with E-state index in [4.69, 9.17) is 27.9 Å². The van der Waals surface area contributed by atoms with Gasteiger partial charge in [0.25, 0.3) is 5.91 Å². The molecular formula is C23H14Cl2F2N2O2S. The Bertz CT molecular complexity index is 1210. The SMILES string of the molecule is O=C1NC(=Nc2ccc(F)cc2)S/C1=C/c1cc(Cl)c(OCc2ccc(F)cc2)c(Cl)c1. The Morgan fingerprint density at radius 3 is 2.19 bits per heavy atom. The van der Waals surface area contributed by atoms with Crippen molar-refractivity contribution in [3.05, 3.63) is 98.4 Å². The summed E-state index contributed by atoms with van der Waals surface area (Å²) >= 11 is 13.8. The molecule has 4 rings (SSSR count). The van der Waals surface area contributed by atoms with Crippen LogP contribution in [0.5, 0.6) is 5.75 Å². The summed E-state index contributed by atoms with van der Waals surface area (Å²) < 4.78 is 31.8. The molecule has 4 nitrogen and oxygen atoms in total. The highest BCUT2D eigenvalue weighted by molar-refractivity contribution is 8.18. The fourth-order valence-electron chi connectivity index (χ4n) is 2.80. The Balaban J connectivity index is 1.49. The number of aliphatic imine (C=N–C) groups is 1. The van der Waals surface area contributed by atoms with Gasteiger partial charge in [-0.3, -0.25) is 4.79 Å². The molecule has 0 bridgehead atoms. The Hall–Kier alpha value is -2.87. The van der Waals surface area contributed by atoms with E-state index >= 15 is 0 Å². The monoisotopic (exact) mass is 490 g/mol.